The molecule has 3 aromatic rings. The van der Waals surface area contributed by atoms with E-state index >= 15 is 0 Å². The van der Waals surface area contributed by atoms with Crippen LogP contribution in [0.5, 0.6) is 0 Å². The van der Waals surface area contributed by atoms with Crippen LogP contribution in [0.3, 0.4) is 0 Å². The van der Waals surface area contributed by atoms with Crippen molar-refractivity contribution < 1.29 is 0 Å². The van der Waals surface area contributed by atoms with Crippen LogP contribution < -0.4 is 9.80 Å². The summed E-state index contributed by atoms with van der Waals surface area (Å²) in [6.45, 7) is 11.4. The van der Waals surface area contributed by atoms with E-state index in [-0.39, 0.29) is 0 Å². The van der Waals surface area contributed by atoms with Gasteiger partial charge >= 0.3 is 0 Å². The summed E-state index contributed by atoms with van der Waals surface area (Å²) in [5.41, 5.74) is 8.33. The molecule has 0 radical (unpaired) electrons. The Kier molecular flexibility index (Phi) is 6.23. The lowest BCUT2D eigenvalue weighted by Crippen LogP contribution is -2.29. The number of nitrogens with zero attached hydrogens (tertiary/aromatic N) is 5. The summed E-state index contributed by atoms with van der Waals surface area (Å²) in [4.78, 5) is 4.82. The molecule has 1 aromatic heterocycles. The second-order valence-electron chi connectivity index (χ2n) is 8.94. The van der Waals surface area contributed by atoms with Crippen LogP contribution in [0.2, 0.25) is 0 Å². The average molecular weight is 428 g/mol. The normalized spacial score (nSPS) is 13.1. The molecule has 0 atom stereocenters. The highest BCUT2D eigenvalue weighted by molar-refractivity contribution is 5.74. The summed E-state index contributed by atoms with van der Waals surface area (Å²) in [7, 11) is 2.06. The number of aromatic nitrogens is 2. The molecule has 4 rings (SSSR count). The molecule has 2 heterocycles. The van der Waals surface area contributed by atoms with Crippen molar-refractivity contribution in [2.45, 2.75) is 53.5 Å². The van der Waals surface area contributed by atoms with Crippen LogP contribution in [-0.4, -0.2) is 22.9 Å². The monoisotopic (exact) mass is 427 g/mol. The van der Waals surface area contributed by atoms with Gasteiger partial charge in [0.15, 0.2) is 5.82 Å². The van der Waals surface area contributed by atoms with E-state index in [1.54, 1.807) is 0 Å². The topological polar surface area (TPSA) is 48.1 Å². The van der Waals surface area contributed by atoms with Gasteiger partial charge in [0, 0.05) is 37.9 Å². The second-order valence-corrected chi connectivity index (χ2v) is 8.94. The molecule has 2 aromatic carbocycles. The number of fused-ring (bicyclic) bond motifs is 1. The quantitative estimate of drug-likeness (QED) is 0.505. The second kappa shape index (κ2) is 9.08. The molecule has 0 bridgehead atoms. The molecule has 5 heteroatoms. The highest BCUT2D eigenvalue weighted by atomic mass is 15.4. The highest BCUT2D eigenvalue weighted by Crippen LogP contribution is 2.41. The number of anilines is 3. The first-order valence-corrected chi connectivity index (χ1v) is 11.6. The van der Waals surface area contributed by atoms with Gasteiger partial charge in [0.1, 0.15) is 5.82 Å². The minimum absolute atomic E-state index is 0.714. The maximum absolute atomic E-state index is 9.58. The van der Waals surface area contributed by atoms with E-state index < -0.39 is 0 Å². The molecule has 5 nitrogen and oxygen atoms in total. The van der Waals surface area contributed by atoms with Crippen LogP contribution in [0.25, 0.3) is 0 Å². The van der Waals surface area contributed by atoms with Crippen molar-refractivity contribution in [1.82, 2.24) is 9.78 Å². The minimum Gasteiger partial charge on any atom is -0.352 e. The molecule has 0 N–H and O–H groups in total. The van der Waals surface area contributed by atoms with Gasteiger partial charge in [0.05, 0.1) is 11.6 Å². The van der Waals surface area contributed by atoms with E-state index in [4.69, 9.17) is 5.10 Å². The standard InChI is InChI=1S/C27H33N5/c1-6-13-31(18-23-11-8-7-10-22(23)17-28)27-24-12-9-14-32(26(24)29-30(27)5)25-20(3)15-19(2)16-21(25)4/h7-8,10-11,15-16H,6,9,12-14,18H2,1-5H3. The van der Waals surface area contributed by atoms with Crippen LogP contribution in [0.15, 0.2) is 36.4 Å². The van der Waals surface area contributed by atoms with Gasteiger partial charge in [0.25, 0.3) is 0 Å². The number of aryl methyl sites for hydroxylation is 4. The van der Waals surface area contributed by atoms with Crippen LogP contribution in [0.4, 0.5) is 17.3 Å². The zero-order valence-electron chi connectivity index (χ0n) is 19.9. The maximum atomic E-state index is 9.58. The van der Waals surface area contributed by atoms with E-state index in [9.17, 15) is 5.26 Å². The molecule has 166 valence electrons. The number of nitriles is 1. The third kappa shape index (κ3) is 3.98. The van der Waals surface area contributed by atoms with Gasteiger partial charge in [-0.1, -0.05) is 42.8 Å². The van der Waals surface area contributed by atoms with Crippen LogP contribution in [-0.2, 0) is 20.0 Å². The fourth-order valence-electron chi connectivity index (χ4n) is 5.22. The number of benzene rings is 2. The van der Waals surface area contributed by atoms with Crippen molar-refractivity contribution in [3.63, 3.8) is 0 Å². The Hall–Kier alpha value is -3.26. The van der Waals surface area contributed by atoms with Gasteiger partial charge in [-0.15, -0.1) is 0 Å². The Balaban J connectivity index is 1.78. The lowest BCUT2D eigenvalue weighted by molar-refractivity contribution is 0.686. The van der Waals surface area contributed by atoms with E-state index in [1.807, 2.05) is 22.9 Å². The zero-order valence-corrected chi connectivity index (χ0v) is 19.9. The van der Waals surface area contributed by atoms with Crippen LogP contribution in [0.1, 0.15) is 53.1 Å². The Morgan fingerprint density at radius 1 is 1.12 bits per heavy atom. The Bertz CT molecular complexity index is 1140. The first-order valence-electron chi connectivity index (χ1n) is 11.6. The highest BCUT2D eigenvalue weighted by Gasteiger charge is 2.30. The summed E-state index contributed by atoms with van der Waals surface area (Å²) < 4.78 is 2.05. The lowest BCUT2D eigenvalue weighted by atomic mass is 10.00. The van der Waals surface area contributed by atoms with Gasteiger partial charge in [-0.25, -0.2) is 0 Å². The fourth-order valence-corrected chi connectivity index (χ4v) is 5.22. The molecule has 1 aliphatic rings. The molecule has 0 saturated carbocycles. The minimum atomic E-state index is 0.714. The van der Waals surface area contributed by atoms with Crippen molar-refractivity contribution in [3.8, 4) is 6.07 Å². The zero-order chi connectivity index (χ0) is 22.8. The molecule has 32 heavy (non-hydrogen) atoms. The average Bonchev–Trinajstić information content (AvgIpc) is 3.09. The summed E-state index contributed by atoms with van der Waals surface area (Å²) in [5.74, 6) is 2.26. The van der Waals surface area contributed by atoms with Crippen molar-refractivity contribution in [2.75, 3.05) is 22.9 Å². The molecule has 0 fully saturated rings. The number of hydrogen-bond acceptors (Lipinski definition) is 4. The maximum Gasteiger partial charge on any atom is 0.160 e. The third-order valence-electron chi connectivity index (χ3n) is 6.35. The largest absolute Gasteiger partial charge is 0.352 e. The Morgan fingerprint density at radius 2 is 1.84 bits per heavy atom. The fraction of sp³-hybridized carbons (Fsp3) is 0.407. The van der Waals surface area contributed by atoms with E-state index in [1.165, 1.54) is 33.8 Å². The third-order valence-corrected chi connectivity index (χ3v) is 6.35. The molecule has 0 spiro atoms. The van der Waals surface area contributed by atoms with Crippen molar-refractivity contribution in [3.05, 3.63) is 69.8 Å². The van der Waals surface area contributed by atoms with Gasteiger partial charge in [-0.05, 0) is 62.8 Å². The molecule has 0 amide bonds. The van der Waals surface area contributed by atoms with Gasteiger partial charge in [0.2, 0.25) is 0 Å². The summed E-state index contributed by atoms with van der Waals surface area (Å²) >= 11 is 0. The smallest absolute Gasteiger partial charge is 0.160 e. The SMILES string of the molecule is CCCN(Cc1ccccc1C#N)c1c2c(nn1C)N(c1c(C)cc(C)cc1C)CCC2. The Labute approximate surface area is 191 Å². The number of hydrogen-bond donors (Lipinski definition) is 0. The number of rotatable bonds is 6. The van der Waals surface area contributed by atoms with Crippen molar-refractivity contribution >= 4 is 17.3 Å². The van der Waals surface area contributed by atoms with E-state index in [0.29, 0.717) is 6.54 Å². The Morgan fingerprint density at radius 3 is 2.53 bits per heavy atom. The molecule has 0 unspecified atom stereocenters. The first kappa shape index (κ1) is 22.0. The predicted molar refractivity (Wildman–Crippen MR) is 132 cm³/mol. The summed E-state index contributed by atoms with van der Waals surface area (Å²) in [6.07, 6.45) is 3.17. The van der Waals surface area contributed by atoms with Crippen LogP contribution in [0, 0.1) is 32.1 Å². The first-order chi connectivity index (χ1) is 15.4. The van der Waals surface area contributed by atoms with E-state index in [0.717, 1.165) is 49.3 Å². The van der Waals surface area contributed by atoms with Gasteiger partial charge < -0.3 is 9.80 Å². The lowest BCUT2D eigenvalue weighted by Gasteiger charge is -2.32. The molecule has 1 aliphatic heterocycles. The van der Waals surface area contributed by atoms with Crippen molar-refractivity contribution in [2.24, 2.45) is 7.05 Å². The summed E-state index contributed by atoms with van der Waals surface area (Å²) in [5, 5.41) is 14.6. The summed E-state index contributed by atoms with van der Waals surface area (Å²) in [6, 6.07) is 14.8. The van der Waals surface area contributed by atoms with Crippen molar-refractivity contribution in [1.29, 1.82) is 5.26 Å². The predicted octanol–water partition coefficient (Wildman–Crippen LogP) is 5.72. The van der Waals surface area contributed by atoms with E-state index in [2.05, 4.69) is 68.8 Å². The molecular weight excluding hydrogens is 394 g/mol. The van der Waals surface area contributed by atoms with Gasteiger partial charge in [-0.3, -0.25) is 4.68 Å². The van der Waals surface area contributed by atoms with Gasteiger partial charge in [-0.2, -0.15) is 10.4 Å². The van der Waals surface area contributed by atoms with Crippen LogP contribution >= 0.6 is 0 Å². The molecular formula is C27H33N5. The molecule has 0 aliphatic carbocycles. The molecule has 0 saturated heterocycles.